The molecule has 2 heteroatoms. The summed E-state index contributed by atoms with van der Waals surface area (Å²) in [5.41, 5.74) is 1.42. The van der Waals surface area contributed by atoms with Gasteiger partial charge in [0, 0.05) is 0 Å². The molecule has 1 aromatic carbocycles. The summed E-state index contributed by atoms with van der Waals surface area (Å²) in [6, 6.07) is 6.26. The predicted octanol–water partition coefficient (Wildman–Crippen LogP) is 3.78. The Morgan fingerprint density at radius 3 is 2.47 bits per heavy atom. The van der Waals surface area contributed by atoms with Crippen molar-refractivity contribution in [1.29, 1.82) is 0 Å². The molecule has 1 aliphatic rings. The van der Waals surface area contributed by atoms with E-state index < -0.39 is 0 Å². The Kier molecular flexibility index (Phi) is 3.07. The fourth-order valence-electron chi connectivity index (χ4n) is 1.88. The van der Waals surface area contributed by atoms with Gasteiger partial charge in [-0.25, -0.2) is 0 Å². The molecule has 1 unspecified atom stereocenters. The van der Waals surface area contributed by atoms with E-state index in [4.69, 9.17) is 9.47 Å². The third kappa shape index (κ3) is 2.56. The molecule has 1 heterocycles. The first-order valence-electron chi connectivity index (χ1n) is 6.32. The molecule has 17 heavy (non-hydrogen) atoms. The SMILES string of the molecule is CC(C)C1COc2ccc(C(C)(C)C)cc2O1. The van der Waals surface area contributed by atoms with E-state index in [1.807, 2.05) is 6.07 Å². The van der Waals surface area contributed by atoms with Gasteiger partial charge < -0.3 is 9.47 Å². The lowest BCUT2D eigenvalue weighted by Crippen LogP contribution is -2.33. The molecular formula is C15H22O2. The third-order valence-corrected chi connectivity index (χ3v) is 3.23. The van der Waals surface area contributed by atoms with Gasteiger partial charge in [-0.1, -0.05) is 40.7 Å². The van der Waals surface area contributed by atoms with Gasteiger partial charge in [0.2, 0.25) is 0 Å². The monoisotopic (exact) mass is 234 g/mol. The first-order chi connectivity index (χ1) is 7.88. The van der Waals surface area contributed by atoms with E-state index in [0.29, 0.717) is 12.5 Å². The standard InChI is InChI=1S/C15H22O2/c1-10(2)14-9-16-12-7-6-11(15(3,4)5)8-13(12)17-14/h6-8,10,14H,9H2,1-5H3. The molecule has 0 fully saturated rings. The highest BCUT2D eigenvalue weighted by Gasteiger charge is 2.25. The van der Waals surface area contributed by atoms with Crippen LogP contribution in [0.4, 0.5) is 0 Å². The van der Waals surface area contributed by atoms with Crippen molar-refractivity contribution in [1.82, 2.24) is 0 Å². The minimum atomic E-state index is 0.142. The second-order valence-corrected chi connectivity index (χ2v) is 6.12. The van der Waals surface area contributed by atoms with Crippen molar-refractivity contribution in [2.75, 3.05) is 6.61 Å². The van der Waals surface area contributed by atoms with Crippen molar-refractivity contribution in [2.24, 2.45) is 5.92 Å². The smallest absolute Gasteiger partial charge is 0.162 e. The average molecular weight is 234 g/mol. The Balaban J connectivity index is 2.29. The van der Waals surface area contributed by atoms with Crippen molar-refractivity contribution < 1.29 is 9.47 Å². The zero-order valence-electron chi connectivity index (χ0n) is 11.4. The minimum absolute atomic E-state index is 0.142. The van der Waals surface area contributed by atoms with Crippen LogP contribution >= 0.6 is 0 Å². The summed E-state index contributed by atoms with van der Waals surface area (Å²) in [5, 5.41) is 0. The first-order valence-corrected chi connectivity index (χ1v) is 6.32. The van der Waals surface area contributed by atoms with E-state index in [1.165, 1.54) is 5.56 Å². The van der Waals surface area contributed by atoms with Gasteiger partial charge in [0.1, 0.15) is 12.7 Å². The highest BCUT2D eigenvalue weighted by Crippen LogP contribution is 2.37. The quantitative estimate of drug-likeness (QED) is 0.736. The molecule has 2 rings (SSSR count). The molecule has 0 bridgehead atoms. The summed E-state index contributed by atoms with van der Waals surface area (Å²) in [6.07, 6.45) is 0.165. The maximum absolute atomic E-state index is 6.00. The second kappa shape index (κ2) is 4.25. The summed E-state index contributed by atoms with van der Waals surface area (Å²) < 4.78 is 11.7. The van der Waals surface area contributed by atoms with Crippen molar-refractivity contribution >= 4 is 0 Å². The molecule has 0 radical (unpaired) electrons. The topological polar surface area (TPSA) is 18.5 Å². The average Bonchev–Trinajstić information content (AvgIpc) is 2.26. The molecule has 0 N–H and O–H groups in total. The van der Waals surface area contributed by atoms with E-state index in [9.17, 15) is 0 Å². The largest absolute Gasteiger partial charge is 0.486 e. The Hall–Kier alpha value is -1.18. The zero-order chi connectivity index (χ0) is 12.6. The van der Waals surface area contributed by atoms with Gasteiger partial charge in [0.15, 0.2) is 11.5 Å². The van der Waals surface area contributed by atoms with Gasteiger partial charge in [0.25, 0.3) is 0 Å². The van der Waals surface area contributed by atoms with E-state index in [2.05, 4.69) is 46.8 Å². The number of hydrogen-bond donors (Lipinski definition) is 0. The summed E-state index contributed by atoms with van der Waals surface area (Å²) in [5.74, 6) is 2.23. The van der Waals surface area contributed by atoms with Crippen LogP contribution in [0.1, 0.15) is 40.2 Å². The Bertz CT molecular complexity index is 402. The minimum Gasteiger partial charge on any atom is -0.486 e. The number of benzene rings is 1. The van der Waals surface area contributed by atoms with Crippen LogP contribution in [0.15, 0.2) is 18.2 Å². The lowest BCUT2D eigenvalue weighted by molar-refractivity contribution is 0.0588. The van der Waals surface area contributed by atoms with E-state index in [-0.39, 0.29) is 11.5 Å². The van der Waals surface area contributed by atoms with Gasteiger partial charge in [-0.15, -0.1) is 0 Å². The molecule has 94 valence electrons. The number of fused-ring (bicyclic) bond motifs is 1. The number of rotatable bonds is 1. The molecule has 0 saturated carbocycles. The molecular weight excluding hydrogens is 212 g/mol. The summed E-state index contributed by atoms with van der Waals surface area (Å²) in [6.45, 7) is 11.6. The van der Waals surface area contributed by atoms with Crippen LogP contribution in [0.5, 0.6) is 11.5 Å². The Morgan fingerprint density at radius 1 is 1.18 bits per heavy atom. The molecule has 0 aliphatic carbocycles. The van der Waals surface area contributed by atoms with Gasteiger partial charge in [-0.2, -0.15) is 0 Å². The molecule has 0 saturated heterocycles. The fourth-order valence-corrected chi connectivity index (χ4v) is 1.88. The zero-order valence-corrected chi connectivity index (χ0v) is 11.4. The van der Waals surface area contributed by atoms with Crippen LogP contribution in [-0.2, 0) is 5.41 Å². The summed E-state index contributed by atoms with van der Waals surface area (Å²) in [7, 11) is 0. The van der Waals surface area contributed by atoms with E-state index in [1.54, 1.807) is 0 Å². The van der Waals surface area contributed by atoms with Crippen LogP contribution in [-0.4, -0.2) is 12.7 Å². The summed E-state index contributed by atoms with van der Waals surface area (Å²) in [4.78, 5) is 0. The molecule has 1 aromatic rings. The number of hydrogen-bond acceptors (Lipinski definition) is 2. The van der Waals surface area contributed by atoms with E-state index in [0.717, 1.165) is 11.5 Å². The van der Waals surface area contributed by atoms with Crippen LogP contribution in [0.25, 0.3) is 0 Å². The highest BCUT2D eigenvalue weighted by atomic mass is 16.6. The van der Waals surface area contributed by atoms with Crippen LogP contribution < -0.4 is 9.47 Å². The third-order valence-electron chi connectivity index (χ3n) is 3.23. The van der Waals surface area contributed by atoms with Crippen molar-refractivity contribution in [3.05, 3.63) is 23.8 Å². The van der Waals surface area contributed by atoms with Gasteiger partial charge in [-0.3, -0.25) is 0 Å². The van der Waals surface area contributed by atoms with Gasteiger partial charge in [0.05, 0.1) is 0 Å². The predicted molar refractivity (Wildman–Crippen MR) is 69.9 cm³/mol. The molecule has 0 spiro atoms. The molecule has 1 atom stereocenters. The Labute approximate surface area is 104 Å². The lowest BCUT2D eigenvalue weighted by Gasteiger charge is -2.30. The first kappa shape index (κ1) is 12.3. The highest BCUT2D eigenvalue weighted by molar-refractivity contribution is 5.45. The lowest BCUT2D eigenvalue weighted by atomic mass is 9.87. The molecule has 0 amide bonds. The maximum Gasteiger partial charge on any atom is 0.162 e. The molecule has 1 aliphatic heterocycles. The van der Waals surface area contributed by atoms with Crippen molar-refractivity contribution in [3.63, 3.8) is 0 Å². The maximum atomic E-state index is 6.00. The van der Waals surface area contributed by atoms with Crippen molar-refractivity contribution in [3.8, 4) is 11.5 Å². The second-order valence-electron chi connectivity index (χ2n) is 6.12. The summed E-state index contributed by atoms with van der Waals surface area (Å²) >= 11 is 0. The van der Waals surface area contributed by atoms with E-state index >= 15 is 0 Å². The van der Waals surface area contributed by atoms with Gasteiger partial charge >= 0.3 is 0 Å². The van der Waals surface area contributed by atoms with Crippen LogP contribution in [0.2, 0.25) is 0 Å². The number of ether oxygens (including phenoxy) is 2. The molecule has 0 aromatic heterocycles. The normalized spacial score (nSPS) is 19.5. The van der Waals surface area contributed by atoms with Gasteiger partial charge in [-0.05, 0) is 29.0 Å². The Morgan fingerprint density at radius 2 is 1.88 bits per heavy atom. The van der Waals surface area contributed by atoms with Crippen molar-refractivity contribution in [2.45, 2.75) is 46.1 Å². The van der Waals surface area contributed by atoms with Crippen LogP contribution in [0, 0.1) is 5.92 Å². The molecule has 2 nitrogen and oxygen atoms in total. The van der Waals surface area contributed by atoms with Crippen LogP contribution in [0.3, 0.4) is 0 Å². The fraction of sp³-hybridized carbons (Fsp3) is 0.600.